The third kappa shape index (κ3) is 5.86. The van der Waals surface area contributed by atoms with Crippen molar-refractivity contribution in [1.29, 1.82) is 0 Å². The molecule has 1 aromatic rings. The second-order valence-electron chi connectivity index (χ2n) is 5.84. The van der Waals surface area contributed by atoms with Gasteiger partial charge in [0.15, 0.2) is 0 Å². The fourth-order valence-electron chi connectivity index (χ4n) is 2.96. The number of carbonyl (C=O) groups is 1. The molecule has 1 atom stereocenters. The van der Waals surface area contributed by atoms with E-state index in [4.69, 9.17) is 5.11 Å². The number of amides is 1. The highest BCUT2D eigenvalue weighted by molar-refractivity contribution is 5.78. The van der Waals surface area contributed by atoms with Crippen LogP contribution in [0.3, 0.4) is 0 Å². The Balaban J connectivity index is 1.65. The molecule has 1 heterocycles. The van der Waals surface area contributed by atoms with Crippen molar-refractivity contribution in [3.05, 3.63) is 35.9 Å². The largest absolute Gasteiger partial charge is 0.396 e. The van der Waals surface area contributed by atoms with Crippen LogP contribution in [0.5, 0.6) is 0 Å². The summed E-state index contributed by atoms with van der Waals surface area (Å²) in [7, 11) is 0. The minimum atomic E-state index is 0.107. The Labute approximate surface area is 127 Å². The van der Waals surface area contributed by atoms with Crippen LogP contribution in [0, 0.1) is 5.92 Å². The Morgan fingerprint density at radius 3 is 2.90 bits per heavy atom. The highest BCUT2D eigenvalue weighted by Gasteiger charge is 2.20. The maximum Gasteiger partial charge on any atom is 0.234 e. The predicted octanol–water partition coefficient (Wildman–Crippen LogP) is 1.44. The number of nitrogens with one attached hydrogen (secondary N) is 1. The molecule has 1 aliphatic rings. The van der Waals surface area contributed by atoms with Crippen molar-refractivity contribution >= 4 is 5.91 Å². The third-order valence-electron chi connectivity index (χ3n) is 4.09. The van der Waals surface area contributed by atoms with Crippen molar-refractivity contribution in [1.82, 2.24) is 10.2 Å². The van der Waals surface area contributed by atoms with Crippen LogP contribution in [0.15, 0.2) is 30.3 Å². The van der Waals surface area contributed by atoms with Crippen molar-refractivity contribution in [2.24, 2.45) is 5.92 Å². The van der Waals surface area contributed by atoms with E-state index in [0.29, 0.717) is 19.0 Å². The lowest BCUT2D eigenvalue weighted by Crippen LogP contribution is -2.43. The standard InChI is InChI=1S/C17H26N2O2/c20-12-9-16-7-4-11-19(13-16)14-17(21)18-10-8-15-5-2-1-3-6-15/h1-3,5-6,16,20H,4,7-14H2,(H,18,21). The van der Waals surface area contributed by atoms with E-state index in [1.54, 1.807) is 0 Å². The molecule has 0 aliphatic carbocycles. The summed E-state index contributed by atoms with van der Waals surface area (Å²) in [6.45, 7) is 3.36. The van der Waals surface area contributed by atoms with Crippen molar-refractivity contribution in [3.8, 4) is 0 Å². The molecular formula is C17H26N2O2. The van der Waals surface area contributed by atoms with Gasteiger partial charge in [0.25, 0.3) is 0 Å². The highest BCUT2D eigenvalue weighted by atomic mass is 16.3. The summed E-state index contributed by atoms with van der Waals surface area (Å²) >= 11 is 0. The summed E-state index contributed by atoms with van der Waals surface area (Å²) in [5.74, 6) is 0.649. The first-order valence-electron chi connectivity index (χ1n) is 7.92. The number of aliphatic hydroxyl groups excluding tert-OH is 1. The zero-order chi connectivity index (χ0) is 14.9. The lowest BCUT2D eigenvalue weighted by molar-refractivity contribution is -0.122. The monoisotopic (exact) mass is 290 g/mol. The van der Waals surface area contributed by atoms with E-state index in [-0.39, 0.29) is 12.5 Å². The van der Waals surface area contributed by atoms with Gasteiger partial charge in [0.2, 0.25) is 5.91 Å². The van der Waals surface area contributed by atoms with Gasteiger partial charge in [-0.25, -0.2) is 0 Å². The van der Waals surface area contributed by atoms with E-state index < -0.39 is 0 Å². The Morgan fingerprint density at radius 2 is 2.14 bits per heavy atom. The number of aliphatic hydroxyl groups is 1. The quantitative estimate of drug-likeness (QED) is 0.799. The van der Waals surface area contributed by atoms with Crippen molar-refractivity contribution in [2.75, 3.05) is 32.8 Å². The molecule has 1 saturated heterocycles. The van der Waals surface area contributed by atoms with Gasteiger partial charge in [-0.3, -0.25) is 9.69 Å². The van der Waals surface area contributed by atoms with Crippen LogP contribution in [0.2, 0.25) is 0 Å². The zero-order valence-electron chi connectivity index (χ0n) is 12.6. The van der Waals surface area contributed by atoms with Gasteiger partial charge < -0.3 is 10.4 Å². The minimum Gasteiger partial charge on any atom is -0.396 e. The van der Waals surface area contributed by atoms with E-state index in [9.17, 15) is 4.79 Å². The number of piperidine rings is 1. The molecule has 0 aromatic heterocycles. The molecule has 0 spiro atoms. The molecule has 21 heavy (non-hydrogen) atoms. The maximum atomic E-state index is 12.0. The van der Waals surface area contributed by atoms with Gasteiger partial charge in [0, 0.05) is 19.7 Å². The van der Waals surface area contributed by atoms with Gasteiger partial charge in [0.1, 0.15) is 0 Å². The fourth-order valence-corrected chi connectivity index (χ4v) is 2.96. The molecule has 1 aromatic carbocycles. The third-order valence-corrected chi connectivity index (χ3v) is 4.09. The van der Waals surface area contributed by atoms with Crippen LogP contribution in [-0.2, 0) is 11.2 Å². The predicted molar refractivity (Wildman–Crippen MR) is 84.0 cm³/mol. The van der Waals surface area contributed by atoms with E-state index in [0.717, 1.165) is 32.4 Å². The second kappa shape index (κ2) is 8.80. The molecule has 116 valence electrons. The minimum absolute atomic E-state index is 0.107. The zero-order valence-corrected chi connectivity index (χ0v) is 12.6. The van der Waals surface area contributed by atoms with Gasteiger partial charge in [0.05, 0.1) is 6.54 Å². The van der Waals surface area contributed by atoms with Crippen molar-refractivity contribution in [3.63, 3.8) is 0 Å². The molecule has 1 fully saturated rings. The first kappa shape index (κ1) is 16.0. The second-order valence-corrected chi connectivity index (χ2v) is 5.84. The van der Waals surface area contributed by atoms with Gasteiger partial charge >= 0.3 is 0 Å². The van der Waals surface area contributed by atoms with Crippen LogP contribution < -0.4 is 5.32 Å². The number of hydrogen-bond acceptors (Lipinski definition) is 3. The molecule has 1 unspecified atom stereocenters. The Hall–Kier alpha value is -1.39. The van der Waals surface area contributed by atoms with Gasteiger partial charge in [-0.05, 0) is 43.7 Å². The summed E-state index contributed by atoms with van der Waals surface area (Å²) in [4.78, 5) is 14.2. The van der Waals surface area contributed by atoms with Crippen LogP contribution in [0.25, 0.3) is 0 Å². The summed E-state index contributed by atoms with van der Waals surface area (Å²) in [6, 6.07) is 10.2. The average molecular weight is 290 g/mol. The number of hydrogen-bond donors (Lipinski definition) is 2. The maximum absolute atomic E-state index is 12.0. The lowest BCUT2D eigenvalue weighted by Gasteiger charge is -2.31. The fraction of sp³-hybridized carbons (Fsp3) is 0.588. The molecule has 0 bridgehead atoms. The van der Waals surface area contributed by atoms with Crippen molar-refractivity contribution in [2.45, 2.75) is 25.7 Å². The van der Waals surface area contributed by atoms with E-state index >= 15 is 0 Å². The van der Waals surface area contributed by atoms with Crippen LogP contribution >= 0.6 is 0 Å². The summed E-state index contributed by atoms with van der Waals surface area (Å²) in [6.07, 6.45) is 4.03. The van der Waals surface area contributed by atoms with Crippen LogP contribution in [0.4, 0.5) is 0 Å². The van der Waals surface area contributed by atoms with Gasteiger partial charge in [-0.15, -0.1) is 0 Å². The molecule has 4 nitrogen and oxygen atoms in total. The van der Waals surface area contributed by atoms with Crippen molar-refractivity contribution < 1.29 is 9.90 Å². The number of benzene rings is 1. The SMILES string of the molecule is O=C(CN1CCCC(CCO)C1)NCCc1ccccc1. The lowest BCUT2D eigenvalue weighted by atomic mass is 9.95. The highest BCUT2D eigenvalue weighted by Crippen LogP contribution is 2.18. The molecule has 2 N–H and O–H groups in total. The molecule has 1 aliphatic heterocycles. The number of nitrogens with zero attached hydrogens (tertiary/aromatic N) is 1. The van der Waals surface area contributed by atoms with E-state index in [2.05, 4.69) is 22.3 Å². The molecule has 0 saturated carbocycles. The first-order valence-corrected chi connectivity index (χ1v) is 7.92. The van der Waals surface area contributed by atoms with E-state index in [1.807, 2.05) is 18.2 Å². The number of likely N-dealkylation sites (tertiary alicyclic amines) is 1. The Morgan fingerprint density at radius 1 is 1.33 bits per heavy atom. The smallest absolute Gasteiger partial charge is 0.234 e. The van der Waals surface area contributed by atoms with E-state index in [1.165, 1.54) is 12.0 Å². The molecule has 2 rings (SSSR count). The first-order chi connectivity index (χ1) is 10.3. The summed E-state index contributed by atoms with van der Waals surface area (Å²) < 4.78 is 0. The van der Waals surface area contributed by atoms with Crippen LogP contribution in [-0.4, -0.2) is 48.7 Å². The summed E-state index contributed by atoms with van der Waals surface area (Å²) in [5.41, 5.74) is 1.25. The Kier molecular flexibility index (Phi) is 6.70. The molecular weight excluding hydrogens is 264 g/mol. The summed E-state index contributed by atoms with van der Waals surface area (Å²) in [5, 5.41) is 12.0. The normalized spacial score (nSPS) is 19.4. The molecule has 4 heteroatoms. The molecule has 1 amide bonds. The topological polar surface area (TPSA) is 52.6 Å². The number of rotatable bonds is 7. The Bertz CT molecular complexity index is 420. The van der Waals surface area contributed by atoms with Crippen LogP contribution in [0.1, 0.15) is 24.8 Å². The van der Waals surface area contributed by atoms with Gasteiger partial charge in [-0.1, -0.05) is 30.3 Å². The van der Waals surface area contributed by atoms with Gasteiger partial charge in [-0.2, -0.15) is 0 Å². The molecule has 0 radical (unpaired) electrons. The number of carbonyl (C=O) groups excluding carboxylic acids is 1. The average Bonchev–Trinajstić information content (AvgIpc) is 2.49.